The van der Waals surface area contributed by atoms with Crippen LogP contribution in [0.3, 0.4) is 0 Å². The first-order chi connectivity index (χ1) is 10.3. The Labute approximate surface area is 132 Å². The van der Waals surface area contributed by atoms with Crippen molar-refractivity contribution in [2.24, 2.45) is 0 Å². The summed E-state index contributed by atoms with van der Waals surface area (Å²) >= 11 is 3.50. The predicted octanol–water partition coefficient (Wildman–Crippen LogP) is 5.60. The van der Waals surface area contributed by atoms with E-state index in [2.05, 4.69) is 46.3 Å². The summed E-state index contributed by atoms with van der Waals surface area (Å²) < 4.78 is 1.06. The third-order valence-electron chi connectivity index (χ3n) is 3.38. The average molecular weight is 337 g/mol. The molecule has 0 spiro atoms. The third-order valence-corrected chi connectivity index (χ3v) is 3.87. The van der Waals surface area contributed by atoms with Crippen LogP contribution in [0, 0.1) is 0 Å². The van der Waals surface area contributed by atoms with Gasteiger partial charge < -0.3 is 0 Å². The van der Waals surface area contributed by atoms with Crippen molar-refractivity contribution in [1.82, 2.24) is 0 Å². The van der Waals surface area contributed by atoms with Gasteiger partial charge in [-0.25, -0.2) is 0 Å². The lowest BCUT2D eigenvalue weighted by atomic mass is 9.98. The van der Waals surface area contributed by atoms with E-state index in [-0.39, 0.29) is 0 Å². The standard InChI is InChI=1S/C19H13BrO/c20-19-9-3-8-18(12-19)17-7-2-6-16(11-17)15-5-1-4-14(10-15)13-21/h1-13H. The molecule has 0 saturated heterocycles. The number of aldehydes is 1. The Hall–Kier alpha value is -2.19. The number of benzene rings is 3. The Morgan fingerprint density at radius 1 is 0.667 bits per heavy atom. The first-order valence-electron chi connectivity index (χ1n) is 6.68. The molecule has 0 aliphatic carbocycles. The molecule has 0 saturated carbocycles. The zero-order chi connectivity index (χ0) is 14.7. The van der Waals surface area contributed by atoms with Crippen molar-refractivity contribution in [3.8, 4) is 22.3 Å². The summed E-state index contributed by atoms with van der Waals surface area (Å²) in [6, 6.07) is 24.2. The molecule has 0 bridgehead atoms. The zero-order valence-electron chi connectivity index (χ0n) is 11.3. The van der Waals surface area contributed by atoms with E-state index in [1.54, 1.807) is 0 Å². The summed E-state index contributed by atoms with van der Waals surface area (Å²) in [5.41, 5.74) is 5.18. The summed E-state index contributed by atoms with van der Waals surface area (Å²) in [6.45, 7) is 0. The quantitative estimate of drug-likeness (QED) is 0.569. The van der Waals surface area contributed by atoms with Gasteiger partial charge >= 0.3 is 0 Å². The monoisotopic (exact) mass is 336 g/mol. The molecular formula is C19H13BrO. The summed E-state index contributed by atoms with van der Waals surface area (Å²) in [6.07, 6.45) is 0.877. The van der Waals surface area contributed by atoms with E-state index in [1.165, 1.54) is 0 Å². The van der Waals surface area contributed by atoms with Crippen LogP contribution in [0.25, 0.3) is 22.3 Å². The Kier molecular flexibility index (Phi) is 3.98. The van der Waals surface area contributed by atoms with Crippen molar-refractivity contribution in [3.63, 3.8) is 0 Å². The largest absolute Gasteiger partial charge is 0.298 e. The summed E-state index contributed by atoms with van der Waals surface area (Å²) in [5.74, 6) is 0. The van der Waals surface area contributed by atoms with E-state index in [0.717, 1.165) is 33.0 Å². The van der Waals surface area contributed by atoms with E-state index < -0.39 is 0 Å². The third kappa shape index (κ3) is 3.11. The fourth-order valence-corrected chi connectivity index (χ4v) is 2.74. The van der Waals surface area contributed by atoms with Gasteiger partial charge in [-0.3, -0.25) is 4.79 Å². The van der Waals surface area contributed by atoms with Gasteiger partial charge in [-0.15, -0.1) is 0 Å². The molecule has 0 aliphatic rings. The Morgan fingerprint density at radius 3 is 1.81 bits per heavy atom. The van der Waals surface area contributed by atoms with Gasteiger partial charge in [0, 0.05) is 10.0 Å². The van der Waals surface area contributed by atoms with Crippen LogP contribution < -0.4 is 0 Å². The maximum atomic E-state index is 10.9. The highest BCUT2D eigenvalue weighted by Crippen LogP contribution is 2.28. The molecular weight excluding hydrogens is 324 g/mol. The van der Waals surface area contributed by atoms with Gasteiger partial charge in [-0.05, 0) is 46.5 Å². The molecule has 0 aromatic heterocycles. The minimum absolute atomic E-state index is 0.695. The summed E-state index contributed by atoms with van der Waals surface area (Å²) in [5, 5.41) is 0. The number of hydrogen-bond donors (Lipinski definition) is 0. The van der Waals surface area contributed by atoms with Crippen molar-refractivity contribution in [3.05, 3.63) is 82.8 Å². The Bertz CT molecular complexity index is 793. The molecule has 0 aliphatic heterocycles. The molecule has 0 N–H and O–H groups in total. The molecule has 3 rings (SSSR count). The molecule has 0 atom stereocenters. The van der Waals surface area contributed by atoms with E-state index >= 15 is 0 Å². The molecule has 0 fully saturated rings. The van der Waals surface area contributed by atoms with Crippen LogP contribution in [0.1, 0.15) is 10.4 Å². The number of halogens is 1. The number of carbonyl (C=O) groups excluding carboxylic acids is 1. The van der Waals surface area contributed by atoms with Gasteiger partial charge in [0.15, 0.2) is 0 Å². The van der Waals surface area contributed by atoms with E-state index in [4.69, 9.17) is 0 Å². The van der Waals surface area contributed by atoms with Crippen molar-refractivity contribution < 1.29 is 4.79 Å². The van der Waals surface area contributed by atoms with Crippen LogP contribution in [0.4, 0.5) is 0 Å². The molecule has 1 nitrogen and oxygen atoms in total. The molecule has 0 radical (unpaired) electrons. The van der Waals surface area contributed by atoms with Crippen LogP contribution in [0.2, 0.25) is 0 Å². The lowest BCUT2D eigenvalue weighted by Crippen LogP contribution is -1.84. The molecule has 3 aromatic carbocycles. The molecule has 0 amide bonds. The van der Waals surface area contributed by atoms with Gasteiger partial charge in [0.25, 0.3) is 0 Å². The normalized spacial score (nSPS) is 10.3. The van der Waals surface area contributed by atoms with Crippen LogP contribution in [0.15, 0.2) is 77.3 Å². The lowest BCUT2D eigenvalue weighted by molar-refractivity contribution is 0.112. The highest BCUT2D eigenvalue weighted by Gasteiger charge is 2.03. The van der Waals surface area contributed by atoms with Gasteiger partial charge in [0.05, 0.1) is 0 Å². The average Bonchev–Trinajstić information content (AvgIpc) is 2.55. The van der Waals surface area contributed by atoms with Gasteiger partial charge in [-0.1, -0.05) is 64.5 Å². The van der Waals surface area contributed by atoms with Crippen molar-refractivity contribution in [2.75, 3.05) is 0 Å². The van der Waals surface area contributed by atoms with Crippen LogP contribution in [-0.4, -0.2) is 6.29 Å². The molecule has 0 unspecified atom stereocenters. The number of hydrogen-bond acceptors (Lipinski definition) is 1. The second-order valence-electron chi connectivity index (χ2n) is 4.83. The first kappa shape index (κ1) is 13.8. The fourth-order valence-electron chi connectivity index (χ4n) is 2.34. The second kappa shape index (κ2) is 6.06. The first-order valence-corrected chi connectivity index (χ1v) is 7.47. The fraction of sp³-hybridized carbons (Fsp3) is 0. The maximum absolute atomic E-state index is 10.9. The maximum Gasteiger partial charge on any atom is 0.150 e. The van der Waals surface area contributed by atoms with Crippen molar-refractivity contribution in [1.29, 1.82) is 0 Å². The van der Waals surface area contributed by atoms with Crippen LogP contribution in [0.5, 0.6) is 0 Å². The Morgan fingerprint density at radius 2 is 1.19 bits per heavy atom. The molecule has 21 heavy (non-hydrogen) atoms. The second-order valence-corrected chi connectivity index (χ2v) is 5.75. The molecule has 102 valence electrons. The van der Waals surface area contributed by atoms with Gasteiger partial charge in [0.2, 0.25) is 0 Å². The van der Waals surface area contributed by atoms with Crippen LogP contribution in [-0.2, 0) is 0 Å². The topological polar surface area (TPSA) is 17.1 Å². The minimum Gasteiger partial charge on any atom is -0.298 e. The highest BCUT2D eigenvalue weighted by molar-refractivity contribution is 9.10. The lowest BCUT2D eigenvalue weighted by Gasteiger charge is -2.07. The molecule has 3 aromatic rings. The highest BCUT2D eigenvalue weighted by atomic mass is 79.9. The molecule has 0 heterocycles. The molecule has 2 heteroatoms. The van der Waals surface area contributed by atoms with E-state index in [1.807, 2.05) is 42.5 Å². The van der Waals surface area contributed by atoms with Crippen LogP contribution >= 0.6 is 15.9 Å². The van der Waals surface area contributed by atoms with E-state index in [0.29, 0.717) is 5.56 Å². The number of rotatable bonds is 3. The van der Waals surface area contributed by atoms with Gasteiger partial charge in [-0.2, -0.15) is 0 Å². The zero-order valence-corrected chi connectivity index (χ0v) is 12.9. The van der Waals surface area contributed by atoms with Gasteiger partial charge in [0.1, 0.15) is 6.29 Å². The summed E-state index contributed by atoms with van der Waals surface area (Å²) in [4.78, 5) is 10.9. The minimum atomic E-state index is 0.695. The van der Waals surface area contributed by atoms with E-state index in [9.17, 15) is 4.79 Å². The smallest absolute Gasteiger partial charge is 0.150 e. The SMILES string of the molecule is O=Cc1cccc(-c2cccc(-c3cccc(Br)c3)c2)c1. The van der Waals surface area contributed by atoms with Crippen molar-refractivity contribution >= 4 is 22.2 Å². The number of carbonyl (C=O) groups is 1. The predicted molar refractivity (Wildman–Crippen MR) is 90.4 cm³/mol. The summed E-state index contributed by atoms with van der Waals surface area (Å²) in [7, 11) is 0. The van der Waals surface area contributed by atoms with Crippen molar-refractivity contribution in [2.45, 2.75) is 0 Å². The Balaban J connectivity index is 2.05.